The molecule has 2 N–H and O–H groups in total. The second-order valence-corrected chi connectivity index (χ2v) is 5.48. The molecule has 1 saturated carbocycles. The summed E-state index contributed by atoms with van der Waals surface area (Å²) in [4.78, 5) is 4.67. The van der Waals surface area contributed by atoms with E-state index < -0.39 is 0 Å². The van der Waals surface area contributed by atoms with E-state index in [9.17, 15) is 0 Å². The van der Waals surface area contributed by atoms with Crippen LogP contribution in [0.5, 0.6) is 0 Å². The Morgan fingerprint density at radius 3 is 2.94 bits per heavy atom. The number of hydrogen-bond donors (Lipinski definition) is 2. The van der Waals surface area contributed by atoms with Crippen LogP contribution in [0.15, 0.2) is 12.1 Å². The first-order valence-electron chi connectivity index (χ1n) is 6.65. The van der Waals surface area contributed by atoms with Crippen LogP contribution in [0.4, 0.5) is 5.82 Å². The van der Waals surface area contributed by atoms with Gasteiger partial charge < -0.3 is 10.4 Å². The lowest BCUT2D eigenvalue weighted by Crippen LogP contribution is -2.17. The maximum atomic E-state index is 9.02. The molecular weight excluding hydrogens is 212 g/mol. The van der Waals surface area contributed by atoms with Crippen molar-refractivity contribution in [3.05, 3.63) is 23.4 Å². The zero-order valence-corrected chi connectivity index (χ0v) is 10.2. The molecule has 1 aromatic heterocycles. The number of aliphatic hydroxyl groups excluding tert-OH is 1. The summed E-state index contributed by atoms with van der Waals surface area (Å²) in [6.45, 7) is 1.26. The van der Waals surface area contributed by atoms with Crippen molar-refractivity contribution in [2.24, 2.45) is 5.41 Å². The highest BCUT2D eigenvalue weighted by Crippen LogP contribution is 2.48. The van der Waals surface area contributed by atoms with Crippen LogP contribution in [0.25, 0.3) is 0 Å². The Bertz CT molecular complexity index is 413. The molecular formula is C14H20N2O. The van der Waals surface area contributed by atoms with Crippen LogP contribution in [0.1, 0.15) is 36.9 Å². The molecule has 3 rings (SSSR count). The monoisotopic (exact) mass is 232 g/mol. The molecule has 1 fully saturated rings. The van der Waals surface area contributed by atoms with E-state index in [1.807, 2.05) is 0 Å². The Labute approximate surface area is 102 Å². The van der Waals surface area contributed by atoms with Crippen LogP contribution in [-0.2, 0) is 12.8 Å². The van der Waals surface area contributed by atoms with Crippen LogP contribution >= 0.6 is 0 Å². The maximum Gasteiger partial charge on any atom is 0.126 e. The molecule has 0 radical (unpaired) electrons. The van der Waals surface area contributed by atoms with Crippen LogP contribution in [-0.4, -0.2) is 23.2 Å². The van der Waals surface area contributed by atoms with Gasteiger partial charge in [-0.3, -0.25) is 0 Å². The number of nitrogens with one attached hydrogen (secondary N) is 1. The summed E-state index contributed by atoms with van der Waals surface area (Å²) < 4.78 is 0. The third-order valence-electron chi connectivity index (χ3n) is 4.17. The van der Waals surface area contributed by atoms with Crippen molar-refractivity contribution >= 4 is 5.82 Å². The molecule has 92 valence electrons. The minimum absolute atomic E-state index is 0.305. The molecule has 0 unspecified atom stereocenters. The quantitative estimate of drug-likeness (QED) is 0.817. The molecule has 0 atom stereocenters. The van der Waals surface area contributed by atoms with Gasteiger partial charge in [-0.15, -0.1) is 0 Å². The van der Waals surface area contributed by atoms with Gasteiger partial charge in [0.1, 0.15) is 5.82 Å². The highest BCUT2D eigenvalue weighted by Gasteiger charge is 2.41. The predicted octanol–water partition coefficient (Wildman–Crippen LogP) is 2.14. The van der Waals surface area contributed by atoms with Crippen LogP contribution in [0.3, 0.4) is 0 Å². The molecule has 2 aliphatic carbocycles. The number of aryl methyl sites for hydroxylation is 2. The van der Waals surface area contributed by atoms with E-state index in [4.69, 9.17) is 5.11 Å². The van der Waals surface area contributed by atoms with Crippen LogP contribution in [0, 0.1) is 5.41 Å². The lowest BCUT2D eigenvalue weighted by Gasteiger charge is -2.15. The molecule has 0 amide bonds. The van der Waals surface area contributed by atoms with E-state index in [-0.39, 0.29) is 0 Å². The first kappa shape index (κ1) is 11.0. The smallest absolute Gasteiger partial charge is 0.126 e. The van der Waals surface area contributed by atoms with Gasteiger partial charge in [-0.2, -0.15) is 0 Å². The minimum atomic E-state index is 0.305. The van der Waals surface area contributed by atoms with Crippen molar-refractivity contribution in [3.8, 4) is 0 Å². The van der Waals surface area contributed by atoms with Gasteiger partial charge in [-0.1, -0.05) is 6.07 Å². The van der Waals surface area contributed by atoms with Crippen LogP contribution in [0.2, 0.25) is 0 Å². The third-order valence-corrected chi connectivity index (χ3v) is 4.17. The number of rotatable bonds is 5. The number of anilines is 1. The minimum Gasteiger partial charge on any atom is -0.396 e. The Morgan fingerprint density at radius 2 is 2.18 bits per heavy atom. The van der Waals surface area contributed by atoms with Crippen molar-refractivity contribution in [2.45, 2.75) is 38.5 Å². The molecule has 3 heteroatoms. The fraction of sp³-hybridized carbons (Fsp3) is 0.643. The molecule has 0 aromatic carbocycles. The van der Waals surface area contributed by atoms with Crippen molar-refractivity contribution in [1.29, 1.82) is 0 Å². The van der Waals surface area contributed by atoms with E-state index in [0.29, 0.717) is 12.0 Å². The van der Waals surface area contributed by atoms with Crippen molar-refractivity contribution in [3.63, 3.8) is 0 Å². The standard InChI is InChI=1S/C14H20N2O/c17-9-8-14(6-7-14)10-15-13-5-4-11-2-1-3-12(11)16-13/h4-5,17H,1-3,6-10H2,(H,15,16). The molecule has 1 heterocycles. The lowest BCUT2D eigenvalue weighted by atomic mass is 10.0. The fourth-order valence-corrected chi connectivity index (χ4v) is 2.73. The van der Waals surface area contributed by atoms with Gasteiger partial charge in [0.25, 0.3) is 0 Å². The van der Waals surface area contributed by atoms with Gasteiger partial charge in [0.05, 0.1) is 0 Å². The summed E-state index contributed by atoms with van der Waals surface area (Å²) in [5.74, 6) is 1.01. The zero-order valence-electron chi connectivity index (χ0n) is 10.2. The molecule has 0 spiro atoms. The Kier molecular flexibility index (Phi) is 2.79. The maximum absolute atomic E-state index is 9.02. The van der Waals surface area contributed by atoms with E-state index in [1.54, 1.807) is 0 Å². The first-order chi connectivity index (χ1) is 8.31. The van der Waals surface area contributed by atoms with Crippen molar-refractivity contribution in [2.75, 3.05) is 18.5 Å². The molecule has 2 aliphatic rings. The molecule has 17 heavy (non-hydrogen) atoms. The predicted molar refractivity (Wildman–Crippen MR) is 68.1 cm³/mol. The highest BCUT2D eigenvalue weighted by atomic mass is 16.3. The number of pyridine rings is 1. The van der Waals surface area contributed by atoms with Crippen molar-refractivity contribution in [1.82, 2.24) is 4.98 Å². The van der Waals surface area contributed by atoms with Gasteiger partial charge in [-0.05, 0) is 55.6 Å². The van der Waals surface area contributed by atoms with Gasteiger partial charge in [0.2, 0.25) is 0 Å². The Hall–Kier alpha value is -1.09. The summed E-state index contributed by atoms with van der Waals surface area (Å²) in [7, 11) is 0. The van der Waals surface area contributed by atoms with Gasteiger partial charge in [0, 0.05) is 18.8 Å². The molecule has 0 saturated heterocycles. The number of fused-ring (bicyclic) bond motifs is 1. The Morgan fingerprint density at radius 1 is 1.29 bits per heavy atom. The van der Waals surface area contributed by atoms with Gasteiger partial charge in [0.15, 0.2) is 0 Å². The van der Waals surface area contributed by atoms with Gasteiger partial charge in [-0.25, -0.2) is 4.98 Å². The Balaban J connectivity index is 1.62. The number of hydrogen-bond acceptors (Lipinski definition) is 3. The lowest BCUT2D eigenvalue weighted by molar-refractivity contribution is 0.253. The second kappa shape index (κ2) is 4.30. The average Bonchev–Trinajstić information content (AvgIpc) is 2.95. The highest BCUT2D eigenvalue weighted by molar-refractivity contribution is 5.40. The topological polar surface area (TPSA) is 45.1 Å². The molecule has 1 aromatic rings. The summed E-state index contributed by atoms with van der Waals surface area (Å²) in [5, 5.41) is 12.5. The van der Waals surface area contributed by atoms with Crippen LogP contribution < -0.4 is 5.32 Å². The fourth-order valence-electron chi connectivity index (χ4n) is 2.73. The number of aromatic nitrogens is 1. The van der Waals surface area contributed by atoms with Crippen molar-refractivity contribution < 1.29 is 5.11 Å². The van der Waals surface area contributed by atoms with Gasteiger partial charge >= 0.3 is 0 Å². The summed E-state index contributed by atoms with van der Waals surface area (Å²) in [6, 6.07) is 4.31. The average molecular weight is 232 g/mol. The van der Waals surface area contributed by atoms with E-state index in [1.165, 1.54) is 36.9 Å². The first-order valence-corrected chi connectivity index (χ1v) is 6.65. The normalized spacial score (nSPS) is 20.1. The SMILES string of the molecule is OCCC1(CNc2ccc3c(n2)CCC3)CC1. The summed E-state index contributed by atoms with van der Waals surface area (Å²) in [6.07, 6.45) is 6.98. The molecule has 3 nitrogen and oxygen atoms in total. The molecule has 0 aliphatic heterocycles. The van der Waals surface area contributed by atoms with E-state index in [0.717, 1.165) is 25.2 Å². The summed E-state index contributed by atoms with van der Waals surface area (Å²) >= 11 is 0. The van der Waals surface area contributed by atoms with E-state index >= 15 is 0 Å². The number of nitrogens with zero attached hydrogens (tertiary/aromatic N) is 1. The zero-order chi connectivity index (χ0) is 11.7. The summed E-state index contributed by atoms with van der Waals surface area (Å²) in [5.41, 5.74) is 3.06. The second-order valence-electron chi connectivity index (χ2n) is 5.48. The molecule has 0 bridgehead atoms. The number of aliphatic hydroxyl groups is 1. The largest absolute Gasteiger partial charge is 0.396 e. The third kappa shape index (κ3) is 2.29. The van der Waals surface area contributed by atoms with E-state index in [2.05, 4.69) is 22.4 Å².